The van der Waals surface area contributed by atoms with E-state index in [2.05, 4.69) is 15.0 Å². The molecule has 10 heteroatoms. The summed E-state index contributed by atoms with van der Waals surface area (Å²) in [5.74, 6) is 0.293. The van der Waals surface area contributed by atoms with Crippen LogP contribution in [-0.4, -0.2) is 52.0 Å². The third-order valence-electron chi connectivity index (χ3n) is 5.50. The Hall–Kier alpha value is -2.91. The lowest BCUT2D eigenvalue weighted by atomic mass is 10.1. The summed E-state index contributed by atoms with van der Waals surface area (Å²) < 4.78 is 44.3. The second kappa shape index (κ2) is 8.91. The molecule has 0 spiro atoms. The Morgan fingerprint density at radius 2 is 1.81 bits per heavy atom. The molecule has 1 saturated heterocycles. The molecule has 0 aliphatic carbocycles. The number of halogens is 4. The molecular formula is C22H20ClF3N4O2. The maximum absolute atomic E-state index is 13.0. The molecule has 2 heterocycles. The number of piperazine rings is 1. The number of alkyl halides is 3. The van der Waals surface area contributed by atoms with Gasteiger partial charge in [-0.15, -0.1) is 0 Å². The van der Waals surface area contributed by atoms with Crippen LogP contribution in [0, 0.1) is 0 Å². The molecule has 0 N–H and O–H groups in total. The Morgan fingerprint density at radius 3 is 2.50 bits per heavy atom. The SMILES string of the molecule is C[C@@H](c1nc(-c2cccc(C(F)(F)F)c2)no1)N1CCN(C(=O)c2ccccc2Cl)CC1. The summed E-state index contributed by atoms with van der Waals surface area (Å²) in [4.78, 5) is 20.9. The van der Waals surface area contributed by atoms with E-state index in [4.69, 9.17) is 16.1 Å². The summed E-state index contributed by atoms with van der Waals surface area (Å²) in [6, 6.07) is 11.5. The summed E-state index contributed by atoms with van der Waals surface area (Å²) in [6.07, 6.45) is -4.45. The Bertz CT molecular complexity index is 1110. The molecule has 2 aromatic carbocycles. The zero-order valence-electron chi connectivity index (χ0n) is 17.1. The highest BCUT2D eigenvalue weighted by atomic mass is 35.5. The summed E-state index contributed by atoms with van der Waals surface area (Å²) in [5.41, 5.74) is -0.0656. The smallest absolute Gasteiger partial charge is 0.337 e. The van der Waals surface area contributed by atoms with E-state index in [-0.39, 0.29) is 23.3 Å². The molecule has 6 nitrogen and oxygen atoms in total. The average molecular weight is 465 g/mol. The lowest BCUT2D eigenvalue weighted by Gasteiger charge is -2.36. The van der Waals surface area contributed by atoms with Crippen LogP contribution >= 0.6 is 11.6 Å². The minimum Gasteiger partial charge on any atom is -0.337 e. The Morgan fingerprint density at radius 1 is 1.09 bits per heavy atom. The second-order valence-corrected chi connectivity index (χ2v) is 7.93. The van der Waals surface area contributed by atoms with Crippen molar-refractivity contribution >= 4 is 17.5 Å². The largest absolute Gasteiger partial charge is 0.416 e. The van der Waals surface area contributed by atoms with Crippen molar-refractivity contribution in [3.05, 3.63) is 70.6 Å². The van der Waals surface area contributed by atoms with E-state index in [1.807, 2.05) is 6.92 Å². The van der Waals surface area contributed by atoms with Crippen molar-refractivity contribution in [2.75, 3.05) is 26.2 Å². The highest BCUT2D eigenvalue weighted by Crippen LogP contribution is 2.32. The lowest BCUT2D eigenvalue weighted by Crippen LogP contribution is -2.49. The Kier molecular flexibility index (Phi) is 6.21. The van der Waals surface area contributed by atoms with Crippen LogP contribution < -0.4 is 0 Å². The van der Waals surface area contributed by atoms with Gasteiger partial charge in [0.15, 0.2) is 0 Å². The van der Waals surface area contributed by atoms with Gasteiger partial charge in [0.2, 0.25) is 11.7 Å². The molecular weight excluding hydrogens is 445 g/mol. The van der Waals surface area contributed by atoms with Crippen molar-refractivity contribution in [3.8, 4) is 11.4 Å². The molecule has 1 fully saturated rings. The number of carbonyl (C=O) groups excluding carboxylic acids is 1. The minimum atomic E-state index is -4.45. The van der Waals surface area contributed by atoms with Crippen LogP contribution in [0.25, 0.3) is 11.4 Å². The van der Waals surface area contributed by atoms with Gasteiger partial charge < -0.3 is 9.42 Å². The van der Waals surface area contributed by atoms with Crippen LogP contribution in [0.5, 0.6) is 0 Å². The van der Waals surface area contributed by atoms with Crippen molar-refractivity contribution in [1.82, 2.24) is 19.9 Å². The van der Waals surface area contributed by atoms with E-state index >= 15 is 0 Å². The first-order valence-electron chi connectivity index (χ1n) is 10.0. The predicted molar refractivity (Wildman–Crippen MR) is 112 cm³/mol. The molecule has 1 atom stereocenters. The van der Waals surface area contributed by atoms with Gasteiger partial charge in [-0.25, -0.2) is 0 Å². The van der Waals surface area contributed by atoms with Crippen molar-refractivity contribution < 1.29 is 22.5 Å². The monoisotopic (exact) mass is 464 g/mol. The molecule has 1 amide bonds. The van der Waals surface area contributed by atoms with Crippen molar-refractivity contribution in [2.24, 2.45) is 0 Å². The molecule has 4 rings (SSSR count). The number of hydrogen-bond donors (Lipinski definition) is 0. The molecule has 0 saturated carbocycles. The van der Waals surface area contributed by atoms with Crippen LogP contribution in [0.15, 0.2) is 53.1 Å². The quantitative estimate of drug-likeness (QED) is 0.548. The highest BCUT2D eigenvalue weighted by molar-refractivity contribution is 6.33. The molecule has 32 heavy (non-hydrogen) atoms. The number of aromatic nitrogens is 2. The van der Waals surface area contributed by atoms with Gasteiger partial charge >= 0.3 is 6.18 Å². The molecule has 0 unspecified atom stereocenters. The van der Waals surface area contributed by atoms with Gasteiger partial charge in [0, 0.05) is 31.7 Å². The van der Waals surface area contributed by atoms with Gasteiger partial charge in [0.25, 0.3) is 5.91 Å². The fraction of sp³-hybridized carbons (Fsp3) is 0.318. The van der Waals surface area contributed by atoms with Crippen molar-refractivity contribution in [2.45, 2.75) is 19.1 Å². The summed E-state index contributed by atoms with van der Waals surface area (Å²) in [7, 11) is 0. The van der Waals surface area contributed by atoms with Crippen LogP contribution in [0.1, 0.15) is 34.8 Å². The number of benzene rings is 2. The van der Waals surface area contributed by atoms with Gasteiger partial charge in [0.05, 0.1) is 22.2 Å². The number of hydrogen-bond acceptors (Lipinski definition) is 5. The van der Waals surface area contributed by atoms with Crippen LogP contribution in [0.3, 0.4) is 0 Å². The van der Waals surface area contributed by atoms with Crippen molar-refractivity contribution in [3.63, 3.8) is 0 Å². The fourth-order valence-corrected chi connectivity index (χ4v) is 3.85. The zero-order valence-corrected chi connectivity index (χ0v) is 17.9. The van der Waals surface area contributed by atoms with E-state index in [1.165, 1.54) is 12.1 Å². The van der Waals surface area contributed by atoms with E-state index in [9.17, 15) is 18.0 Å². The molecule has 0 bridgehead atoms. The first-order chi connectivity index (χ1) is 15.2. The van der Waals surface area contributed by atoms with E-state index in [0.29, 0.717) is 42.7 Å². The van der Waals surface area contributed by atoms with Gasteiger partial charge in [-0.1, -0.05) is 41.0 Å². The molecule has 3 aromatic rings. The molecule has 1 aliphatic rings. The zero-order chi connectivity index (χ0) is 22.9. The van der Waals surface area contributed by atoms with E-state index in [0.717, 1.165) is 12.1 Å². The van der Waals surface area contributed by atoms with Gasteiger partial charge in [-0.2, -0.15) is 18.2 Å². The number of nitrogens with zero attached hydrogens (tertiary/aromatic N) is 4. The topological polar surface area (TPSA) is 62.5 Å². The number of rotatable bonds is 4. The van der Waals surface area contributed by atoms with Crippen LogP contribution in [0.4, 0.5) is 13.2 Å². The summed E-state index contributed by atoms with van der Waals surface area (Å²) in [6.45, 7) is 4.05. The minimum absolute atomic E-state index is 0.102. The predicted octanol–water partition coefficient (Wildman–Crippen LogP) is 4.93. The number of amides is 1. The van der Waals surface area contributed by atoms with Gasteiger partial charge in [-0.3, -0.25) is 9.69 Å². The van der Waals surface area contributed by atoms with E-state index < -0.39 is 11.7 Å². The maximum Gasteiger partial charge on any atom is 0.416 e. The number of carbonyl (C=O) groups is 1. The highest BCUT2D eigenvalue weighted by Gasteiger charge is 2.32. The first kappa shape index (κ1) is 22.3. The third kappa shape index (κ3) is 4.63. The van der Waals surface area contributed by atoms with Gasteiger partial charge in [0.1, 0.15) is 0 Å². The van der Waals surface area contributed by atoms with Crippen molar-refractivity contribution in [1.29, 1.82) is 0 Å². The normalized spacial score (nSPS) is 16.2. The summed E-state index contributed by atoms with van der Waals surface area (Å²) in [5, 5.41) is 4.28. The van der Waals surface area contributed by atoms with Crippen LogP contribution in [0.2, 0.25) is 5.02 Å². The average Bonchev–Trinajstić information content (AvgIpc) is 3.28. The molecule has 168 valence electrons. The Labute approximate surface area is 187 Å². The first-order valence-corrected chi connectivity index (χ1v) is 10.4. The van der Waals surface area contributed by atoms with Gasteiger partial charge in [-0.05, 0) is 31.2 Å². The Balaban J connectivity index is 1.41. The second-order valence-electron chi connectivity index (χ2n) is 7.52. The van der Waals surface area contributed by atoms with E-state index in [1.54, 1.807) is 29.2 Å². The summed E-state index contributed by atoms with van der Waals surface area (Å²) >= 11 is 6.14. The fourth-order valence-electron chi connectivity index (χ4n) is 3.63. The standard InChI is InChI=1S/C22H20ClF3N4O2/c1-14(20-27-19(28-32-20)15-5-4-6-16(13-15)22(24,25)26)29-9-11-30(12-10-29)21(31)17-7-2-3-8-18(17)23/h2-8,13-14H,9-12H2,1H3/t14-/m0/s1. The third-order valence-corrected chi connectivity index (χ3v) is 5.83. The maximum atomic E-state index is 13.0. The molecule has 1 aromatic heterocycles. The van der Waals surface area contributed by atoms with Crippen LogP contribution in [-0.2, 0) is 6.18 Å². The molecule has 0 radical (unpaired) electrons. The molecule has 1 aliphatic heterocycles. The lowest BCUT2D eigenvalue weighted by molar-refractivity contribution is -0.137.